The van der Waals surface area contributed by atoms with Crippen LogP contribution in [0, 0.1) is 6.92 Å². The summed E-state index contributed by atoms with van der Waals surface area (Å²) in [5.74, 6) is 0.313. The number of aromatic nitrogens is 2. The highest BCUT2D eigenvalue weighted by Gasteiger charge is 2.23. The molecule has 3 aromatic rings. The SMILES string of the molecule is Cc1ccsc1CN(C)C(=O)CSc1nc2sc3c(c2c(=O)n1C)CCC3. The van der Waals surface area contributed by atoms with Crippen molar-refractivity contribution in [3.8, 4) is 0 Å². The minimum absolute atomic E-state index is 0.0110. The molecule has 0 spiro atoms. The zero-order chi connectivity index (χ0) is 19.1. The number of carbonyl (C=O) groups is 1. The highest BCUT2D eigenvalue weighted by molar-refractivity contribution is 7.99. The Hall–Kier alpha value is -1.64. The number of carbonyl (C=O) groups excluding carboxylic acids is 1. The van der Waals surface area contributed by atoms with Crippen molar-refractivity contribution in [3.05, 3.63) is 42.7 Å². The molecule has 0 saturated heterocycles. The lowest BCUT2D eigenvalue weighted by molar-refractivity contribution is -0.127. The van der Waals surface area contributed by atoms with Crippen LogP contribution in [0.2, 0.25) is 0 Å². The van der Waals surface area contributed by atoms with Crippen molar-refractivity contribution in [3.63, 3.8) is 0 Å². The van der Waals surface area contributed by atoms with Gasteiger partial charge in [-0.05, 0) is 48.8 Å². The van der Waals surface area contributed by atoms with Crippen LogP contribution in [-0.2, 0) is 31.2 Å². The lowest BCUT2D eigenvalue weighted by Crippen LogP contribution is -2.28. The van der Waals surface area contributed by atoms with Gasteiger partial charge in [0, 0.05) is 23.8 Å². The normalized spacial score (nSPS) is 13.3. The van der Waals surface area contributed by atoms with Crippen LogP contribution in [0.3, 0.4) is 0 Å². The lowest BCUT2D eigenvalue weighted by Gasteiger charge is -2.17. The Balaban J connectivity index is 1.50. The van der Waals surface area contributed by atoms with Crippen LogP contribution in [-0.4, -0.2) is 33.2 Å². The third-order valence-electron chi connectivity index (χ3n) is 5.00. The van der Waals surface area contributed by atoms with Gasteiger partial charge in [0.05, 0.1) is 17.7 Å². The number of aryl methyl sites for hydroxylation is 3. The van der Waals surface area contributed by atoms with Gasteiger partial charge in [-0.3, -0.25) is 14.2 Å². The minimum Gasteiger partial charge on any atom is -0.340 e. The van der Waals surface area contributed by atoms with E-state index in [4.69, 9.17) is 4.98 Å². The molecule has 1 aliphatic carbocycles. The number of amides is 1. The largest absolute Gasteiger partial charge is 0.340 e. The number of nitrogens with zero attached hydrogens (tertiary/aromatic N) is 3. The van der Waals surface area contributed by atoms with Crippen molar-refractivity contribution < 1.29 is 4.79 Å². The third kappa shape index (κ3) is 3.46. The predicted molar refractivity (Wildman–Crippen MR) is 113 cm³/mol. The molecule has 3 heterocycles. The highest BCUT2D eigenvalue weighted by atomic mass is 32.2. The molecule has 0 aliphatic heterocycles. The Morgan fingerprint density at radius 2 is 2.22 bits per heavy atom. The van der Waals surface area contributed by atoms with Gasteiger partial charge in [0.15, 0.2) is 5.16 Å². The molecule has 5 nitrogen and oxygen atoms in total. The monoisotopic (exact) mass is 419 g/mol. The maximum atomic E-state index is 12.8. The Morgan fingerprint density at radius 3 is 2.96 bits per heavy atom. The predicted octanol–water partition coefficient (Wildman–Crippen LogP) is 3.60. The summed E-state index contributed by atoms with van der Waals surface area (Å²) in [6.07, 6.45) is 3.15. The van der Waals surface area contributed by atoms with Crippen molar-refractivity contribution in [2.24, 2.45) is 7.05 Å². The number of hydrogen-bond donors (Lipinski definition) is 0. The van der Waals surface area contributed by atoms with Crippen LogP contribution in [0.1, 0.15) is 27.3 Å². The molecule has 0 atom stereocenters. The molecule has 0 N–H and O–H groups in total. The van der Waals surface area contributed by atoms with E-state index in [1.807, 2.05) is 12.4 Å². The van der Waals surface area contributed by atoms with Crippen molar-refractivity contribution >= 4 is 50.6 Å². The zero-order valence-corrected chi connectivity index (χ0v) is 18.0. The van der Waals surface area contributed by atoms with Crippen molar-refractivity contribution in [1.29, 1.82) is 0 Å². The van der Waals surface area contributed by atoms with E-state index in [2.05, 4.69) is 13.0 Å². The van der Waals surface area contributed by atoms with E-state index in [0.29, 0.717) is 11.7 Å². The van der Waals surface area contributed by atoms with Crippen LogP contribution < -0.4 is 5.56 Å². The standard InChI is InChI=1S/C19H21N3O2S3/c1-11-7-8-25-14(11)9-21(2)15(23)10-26-19-20-17-16(18(24)22(19)3)12-5-4-6-13(12)27-17/h7-8H,4-6,9-10H2,1-3H3. The van der Waals surface area contributed by atoms with Gasteiger partial charge in [-0.2, -0.15) is 0 Å². The molecule has 0 fully saturated rings. The van der Waals surface area contributed by atoms with E-state index >= 15 is 0 Å². The first kappa shape index (κ1) is 18.7. The first-order valence-electron chi connectivity index (χ1n) is 8.86. The second-order valence-corrected chi connectivity index (χ2v) is 9.89. The fourth-order valence-corrected chi connectivity index (χ4v) is 6.51. The number of fused-ring (bicyclic) bond motifs is 3. The maximum absolute atomic E-state index is 12.8. The first-order valence-corrected chi connectivity index (χ1v) is 11.5. The topological polar surface area (TPSA) is 55.2 Å². The molecule has 1 amide bonds. The van der Waals surface area contributed by atoms with Gasteiger partial charge >= 0.3 is 0 Å². The Labute approximate surface area is 170 Å². The molecule has 3 aromatic heterocycles. The molecular weight excluding hydrogens is 398 g/mol. The van der Waals surface area contributed by atoms with E-state index in [9.17, 15) is 9.59 Å². The second-order valence-electron chi connectivity index (χ2n) is 6.86. The van der Waals surface area contributed by atoms with E-state index in [0.717, 1.165) is 29.5 Å². The van der Waals surface area contributed by atoms with Gasteiger partial charge in [0.1, 0.15) is 4.83 Å². The van der Waals surface area contributed by atoms with Gasteiger partial charge < -0.3 is 4.90 Å². The minimum atomic E-state index is 0.0110. The molecule has 4 rings (SSSR count). The average Bonchev–Trinajstić information content (AvgIpc) is 3.33. The van der Waals surface area contributed by atoms with Crippen LogP contribution in [0.15, 0.2) is 21.4 Å². The third-order valence-corrected chi connectivity index (χ3v) is 8.21. The summed E-state index contributed by atoms with van der Waals surface area (Å²) < 4.78 is 1.59. The van der Waals surface area contributed by atoms with Crippen molar-refractivity contribution in [2.45, 2.75) is 37.9 Å². The molecule has 0 unspecified atom stereocenters. The molecule has 142 valence electrons. The zero-order valence-electron chi connectivity index (χ0n) is 15.6. The molecule has 8 heteroatoms. The van der Waals surface area contributed by atoms with E-state index < -0.39 is 0 Å². The quantitative estimate of drug-likeness (QED) is 0.468. The fourth-order valence-electron chi connectivity index (χ4n) is 3.34. The Bertz CT molecular complexity index is 1080. The first-order chi connectivity index (χ1) is 13.0. The summed E-state index contributed by atoms with van der Waals surface area (Å²) in [7, 11) is 3.57. The molecule has 0 bridgehead atoms. The van der Waals surface area contributed by atoms with Crippen molar-refractivity contribution in [1.82, 2.24) is 14.5 Å². The van der Waals surface area contributed by atoms with Gasteiger partial charge in [0.2, 0.25) is 5.91 Å². The van der Waals surface area contributed by atoms with Crippen molar-refractivity contribution in [2.75, 3.05) is 12.8 Å². The van der Waals surface area contributed by atoms with Gasteiger partial charge in [-0.15, -0.1) is 22.7 Å². The van der Waals surface area contributed by atoms with Crippen LogP contribution in [0.4, 0.5) is 0 Å². The summed E-state index contributed by atoms with van der Waals surface area (Å²) in [6.45, 7) is 2.68. The van der Waals surface area contributed by atoms with Crippen LogP contribution in [0.25, 0.3) is 10.2 Å². The lowest BCUT2D eigenvalue weighted by atomic mass is 10.2. The molecule has 1 aliphatic rings. The molecular formula is C19H21N3O2S3. The van der Waals surface area contributed by atoms with E-state index in [1.54, 1.807) is 39.2 Å². The Morgan fingerprint density at radius 1 is 1.41 bits per heavy atom. The maximum Gasteiger partial charge on any atom is 0.262 e. The smallest absolute Gasteiger partial charge is 0.262 e. The summed E-state index contributed by atoms with van der Waals surface area (Å²) in [6, 6.07) is 2.07. The number of rotatable bonds is 5. The Kier molecular flexibility index (Phi) is 5.13. The average molecular weight is 420 g/mol. The summed E-state index contributed by atoms with van der Waals surface area (Å²) in [5.41, 5.74) is 2.42. The van der Waals surface area contributed by atoms with Crippen LogP contribution >= 0.6 is 34.4 Å². The summed E-state index contributed by atoms with van der Waals surface area (Å²) >= 11 is 4.65. The van der Waals surface area contributed by atoms with E-state index in [1.165, 1.54) is 32.6 Å². The van der Waals surface area contributed by atoms with Gasteiger partial charge in [-0.25, -0.2) is 4.98 Å². The molecule has 0 aromatic carbocycles. The van der Waals surface area contributed by atoms with Crippen LogP contribution in [0.5, 0.6) is 0 Å². The van der Waals surface area contributed by atoms with Gasteiger partial charge in [-0.1, -0.05) is 11.8 Å². The highest BCUT2D eigenvalue weighted by Crippen LogP contribution is 2.35. The van der Waals surface area contributed by atoms with E-state index in [-0.39, 0.29) is 17.2 Å². The fraction of sp³-hybridized carbons (Fsp3) is 0.421. The van der Waals surface area contributed by atoms with Gasteiger partial charge in [0.25, 0.3) is 5.56 Å². The number of thioether (sulfide) groups is 1. The number of hydrogen-bond acceptors (Lipinski definition) is 6. The molecule has 27 heavy (non-hydrogen) atoms. The summed E-state index contributed by atoms with van der Waals surface area (Å²) in [4.78, 5) is 35.1. The number of thiophene rings is 2. The molecule has 0 radical (unpaired) electrons. The second kappa shape index (κ2) is 7.41. The molecule has 0 saturated carbocycles. The summed E-state index contributed by atoms with van der Waals surface area (Å²) in [5, 5.41) is 3.45.